The maximum Gasteiger partial charge on any atom is 0.222 e. The minimum Gasteiger partial charge on any atom is -0.393 e. The zero-order chi connectivity index (χ0) is 9.84. The predicted octanol–water partition coefficient (Wildman–Crippen LogP) is -0.259. The van der Waals surface area contributed by atoms with Crippen LogP contribution >= 0.6 is 0 Å². The summed E-state index contributed by atoms with van der Waals surface area (Å²) in [6, 6.07) is 0. The number of likely N-dealkylation sites (tertiary alicyclic amines) is 1. The Labute approximate surface area is 78.2 Å². The smallest absolute Gasteiger partial charge is 0.222 e. The first-order chi connectivity index (χ1) is 6.09. The molecular formula is C9H17NO3. The highest BCUT2D eigenvalue weighted by Crippen LogP contribution is 2.11. The van der Waals surface area contributed by atoms with Gasteiger partial charge in [-0.25, -0.2) is 0 Å². The van der Waals surface area contributed by atoms with Crippen molar-refractivity contribution in [3.8, 4) is 0 Å². The number of rotatable bonds is 3. The zero-order valence-corrected chi connectivity index (χ0v) is 7.94. The van der Waals surface area contributed by atoms with E-state index in [9.17, 15) is 9.90 Å². The topological polar surface area (TPSA) is 60.8 Å². The highest BCUT2D eigenvalue weighted by atomic mass is 16.3. The van der Waals surface area contributed by atoms with E-state index in [2.05, 4.69) is 0 Å². The number of hydrogen-bond acceptors (Lipinski definition) is 3. The molecule has 1 heterocycles. The molecular weight excluding hydrogens is 170 g/mol. The predicted molar refractivity (Wildman–Crippen MR) is 48.1 cm³/mol. The summed E-state index contributed by atoms with van der Waals surface area (Å²) in [6.45, 7) is 2.78. The van der Waals surface area contributed by atoms with Gasteiger partial charge in [0.25, 0.3) is 0 Å². The van der Waals surface area contributed by atoms with Crippen LogP contribution in [0, 0.1) is 0 Å². The van der Waals surface area contributed by atoms with Gasteiger partial charge < -0.3 is 15.1 Å². The summed E-state index contributed by atoms with van der Waals surface area (Å²) in [7, 11) is 0. The van der Waals surface area contributed by atoms with Crippen LogP contribution in [0.2, 0.25) is 0 Å². The van der Waals surface area contributed by atoms with Gasteiger partial charge in [-0.2, -0.15) is 0 Å². The van der Waals surface area contributed by atoms with E-state index in [1.165, 1.54) is 0 Å². The van der Waals surface area contributed by atoms with Crippen molar-refractivity contribution in [2.24, 2.45) is 0 Å². The molecule has 0 aromatic heterocycles. The fraction of sp³-hybridized carbons (Fsp3) is 0.889. The molecule has 2 N–H and O–H groups in total. The fourth-order valence-corrected chi connectivity index (χ4v) is 1.46. The normalized spacial score (nSPS) is 24.8. The number of aliphatic hydroxyl groups is 2. The van der Waals surface area contributed by atoms with Crippen molar-refractivity contribution in [2.45, 2.75) is 38.4 Å². The van der Waals surface area contributed by atoms with Gasteiger partial charge in [0.1, 0.15) is 0 Å². The number of amides is 1. The summed E-state index contributed by atoms with van der Waals surface area (Å²) in [5.74, 6) is 0.0393. The molecule has 1 rings (SSSR count). The van der Waals surface area contributed by atoms with E-state index in [0.29, 0.717) is 32.4 Å². The van der Waals surface area contributed by atoms with E-state index in [1.807, 2.05) is 0 Å². The van der Waals surface area contributed by atoms with Crippen LogP contribution in [0.3, 0.4) is 0 Å². The highest BCUT2D eigenvalue weighted by Gasteiger charge is 2.23. The van der Waals surface area contributed by atoms with Crippen molar-refractivity contribution in [2.75, 3.05) is 13.1 Å². The lowest BCUT2D eigenvalue weighted by Crippen LogP contribution is -2.29. The van der Waals surface area contributed by atoms with E-state index in [0.717, 1.165) is 0 Å². The number of nitrogens with zero attached hydrogens (tertiary/aromatic N) is 1. The lowest BCUT2D eigenvalue weighted by molar-refractivity contribution is -0.131. The number of carbonyl (C=O) groups is 1. The van der Waals surface area contributed by atoms with Gasteiger partial charge in [-0.05, 0) is 19.8 Å². The van der Waals surface area contributed by atoms with Crippen molar-refractivity contribution >= 4 is 5.91 Å². The van der Waals surface area contributed by atoms with Crippen LogP contribution in [0.25, 0.3) is 0 Å². The third-order valence-electron chi connectivity index (χ3n) is 2.29. The Hall–Kier alpha value is -0.610. The first kappa shape index (κ1) is 10.5. The molecule has 0 bridgehead atoms. The monoisotopic (exact) mass is 187 g/mol. The Morgan fingerprint density at radius 3 is 2.85 bits per heavy atom. The van der Waals surface area contributed by atoms with Crippen molar-refractivity contribution in [3.63, 3.8) is 0 Å². The molecule has 1 amide bonds. The average Bonchev–Trinajstić information content (AvgIpc) is 2.47. The van der Waals surface area contributed by atoms with E-state index >= 15 is 0 Å². The van der Waals surface area contributed by atoms with Gasteiger partial charge in [-0.1, -0.05) is 0 Å². The number of β-amino-alcohol motifs (C(OH)–C–C–N with tert-alkyl or cyclic N) is 1. The molecule has 1 saturated heterocycles. The molecule has 1 aliphatic rings. The maximum absolute atomic E-state index is 11.4. The summed E-state index contributed by atoms with van der Waals surface area (Å²) in [5.41, 5.74) is 0. The van der Waals surface area contributed by atoms with Crippen LogP contribution in [-0.2, 0) is 4.79 Å². The van der Waals surface area contributed by atoms with Gasteiger partial charge in [0, 0.05) is 19.5 Å². The summed E-state index contributed by atoms with van der Waals surface area (Å²) in [5, 5.41) is 18.2. The third kappa shape index (κ3) is 3.32. The Morgan fingerprint density at radius 1 is 1.69 bits per heavy atom. The second kappa shape index (κ2) is 4.58. The lowest BCUT2D eigenvalue weighted by atomic mass is 10.2. The first-order valence-electron chi connectivity index (χ1n) is 4.73. The molecule has 76 valence electrons. The Bertz CT molecular complexity index is 182. The summed E-state index contributed by atoms with van der Waals surface area (Å²) < 4.78 is 0. The molecule has 0 saturated carbocycles. The number of hydrogen-bond donors (Lipinski definition) is 2. The van der Waals surface area contributed by atoms with E-state index in [1.54, 1.807) is 11.8 Å². The van der Waals surface area contributed by atoms with Crippen LogP contribution in [0.1, 0.15) is 26.2 Å². The van der Waals surface area contributed by atoms with Gasteiger partial charge in [0.2, 0.25) is 5.91 Å². The molecule has 0 spiro atoms. The first-order valence-corrected chi connectivity index (χ1v) is 4.73. The quantitative estimate of drug-likeness (QED) is 0.640. The summed E-state index contributed by atoms with van der Waals surface area (Å²) >= 11 is 0. The Balaban J connectivity index is 2.24. The van der Waals surface area contributed by atoms with Crippen LogP contribution in [-0.4, -0.2) is 46.3 Å². The molecule has 0 aromatic carbocycles. The molecule has 1 fully saturated rings. The van der Waals surface area contributed by atoms with Gasteiger partial charge in [-0.3, -0.25) is 4.79 Å². The van der Waals surface area contributed by atoms with Crippen molar-refractivity contribution in [1.82, 2.24) is 4.90 Å². The molecule has 13 heavy (non-hydrogen) atoms. The fourth-order valence-electron chi connectivity index (χ4n) is 1.46. The maximum atomic E-state index is 11.4. The van der Waals surface area contributed by atoms with Crippen molar-refractivity contribution < 1.29 is 15.0 Å². The Morgan fingerprint density at radius 2 is 2.38 bits per heavy atom. The second-order valence-corrected chi connectivity index (χ2v) is 3.67. The SMILES string of the molecule is CC(O)CCC(=O)N1CC[C@H](O)C1. The van der Waals surface area contributed by atoms with Gasteiger partial charge in [-0.15, -0.1) is 0 Å². The summed E-state index contributed by atoms with van der Waals surface area (Å²) in [6.07, 6.45) is 0.794. The van der Waals surface area contributed by atoms with Crippen molar-refractivity contribution in [3.05, 3.63) is 0 Å². The van der Waals surface area contributed by atoms with Crippen LogP contribution in [0.4, 0.5) is 0 Å². The molecule has 0 aromatic rings. The molecule has 0 radical (unpaired) electrons. The Kier molecular flexibility index (Phi) is 3.69. The lowest BCUT2D eigenvalue weighted by Gasteiger charge is -2.15. The van der Waals surface area contributed by atoms with Gasteiger partial charge in [0.15, 0.2) is 0 Å². The van der Waals surface area contributed by atoms with Gasteiger partial charge in [0.05, 0.1) is 12.2 Å². The third-order valence-corrected chi connectivity index (χ3v) is 2.29. The second-order valence-electron chi connectivity index (χ2n) is 3.67. The van der Waals surface area contributed by atoms with E-state index in [4.69, 9.17) is 5.11 Å². The van der Waals surface area contributed by atoms with E-state index in [-0.39, 0.29) is 12.0 Å². The number of aliphatic hydroxyl groups excluding tert-OH is 2. The highest BCUT2D eigenvalue weighted by molar-refractivity contribution is 5.76. The average molecular weight is 187 g/mol. The van der Waals surface area contributed by atoms with Gasteiger partial charge >= 0.3 is 0 Å². The summed E-state index contributed by atoms with van der Waals surface area (Å²) in [4.78, 5) is 13.1. The zero-order valence-electron chi connectivity index (χ0n) is 7.94. The van der Waals surface area contributed by atoms with Crippen LogP contribution in [0.5, 0.6) is 0 Å². The molecule has 2 atom stereocenters. The number of carbonyl (C=O) groups excluding carboxylic acids is 1. The van der Waals surface area contributed by atoms with Crippen LogP contribution < -0.4 is 0 Å². The minimum atomic E-state index is -0.420. The molecule has 4 nitrogen and oxygen atoms in total. The molecule has 0 aliphatic carbocycles. The molecule has 1 unspecified atom stereocenters. The largest absolute Gasteiger partial charge is 0.393 e. The van der Waals surface area contributed by atoms with E-state index < -0.39 is 6.10 Å². The standard InChI is InChI=1S/C9H17NO3/c1-7(11)2-3-9(13)10-5-4-8(12)6-10/h7-8,11-12H,2-6H2,1H3/t7?,8-/m0/s1. The molecule has 4 heteroatoms. The minimum absolute atomic E-state index is 0.0393. The molecule has 1 aliphatic heterocycles. The van der Waals surface area contributed by atoms with Crippen LogP contribution in [0.15, 0.2) is 0 Å². The van der Waals surface area contributed by atoms with Crippen molar-refractivity contribution in [1.29, 1.82) is 0 Å².